The summed E-state index contributed by atoms with van der Waals surface area (Å²) < 4.78 is 5.95. The largest absolute Gasteiger partial charge is 0.368 e. The van der Waals surface area contributed by atoms with Gasteiger partial charge in [0.15, 0.2) is 6.29 Å². The van der Waals surface area contributed by atoms with Crippen LogP contribution in [0.25, 0.3) is 0 Å². The predicted octanol–water partition coefficient (Wildman–Crippen LogP) is 3.15. The van der Waals surface area contributed by atoms with E-state index in [1.54, 1.807) is 6.20 Å². The summed E-state index contributed by atoms with van der Waals surface area (Å²) in [6.07, 6.45) is 8.25. The lowest BCUT2D eigenvalue weighted by Crippen LogP contribution is -2.32. The fraction of sp³-hybridized carbons (Fsp3) is 0.667. The molecule has 0 atom stereocenters. The smallest absolute Gasteiger partial charge is 0.161 e. The molecule has 1 aromatic heterocycles. The van der Waals surface area contributed by atoms with E-state index in [9.17, 15) is 4.79 Å². The van der Waals surface area contributed by atoms with Gasteiger partial charge >= 0.3 is 0 Å². The number of carbonyl (C=O) groups excluding carboxylic acids is 1. The Balaban J connectivity index is 2.26. The molecule has 1 aliphatic rings. The standard InChI is InChI=1S/C12H17NO2S/c1-2-15-12(6-4-3-5-7-12)11-13-8-10(9-14)16-11/h8-9H,2-7H2,1H3. The molecule has 0 bridgehead atoms. The molecular formula is C12H17NO2S. The van der Waals surface area contributed by atoms with E-state index >= 15 is 0 Å². The first-order valence-corrected chi connectivity index (χ1v) is 6.68. The average Bonchev–Trinajstić information content (AvgIpc) is 2.80. The molecule has 0 aromatic carbocycles. The molecule has 88 valence electrons. The minimum absolute atomic E-state index is 0.209. The number of aldehydes is 1. The second kappa shape index (κ2) is 5.06. The molecule has 0 saturated heterocycles. The van der Waals surface area contributed by atoms with Crippen LogP contribution >= 0.6 is 11.3 Å². The molecule has 0 aliphatic heterocycles. The SMILES string of the molecule is CCOC1(c2ncc(C=O)s2)CCCCC1. The zero-order valence-electron chi connectivity index (χ0n) is 9.57. The molecule has 1 heterocycles. The summed E-state index contributed by atoms with van der Waals surface area (Å²) in [7, 11) is 0. The van der Waals surface area contributed by atoms with Gasteiger partial charge in [0.05, 0.1) is 4.88 Å². The Bertz CT molecular complexity index is 350. The summed E-state index contributed by atoms with van der Waals surface area (Å²) in [4.78, 5) is 15.8. The first-order chi connectivity index (χ1) is 7.80. The number of thiazole rings is 1. The second-order valence-corrected chi connectivity index (χ2v) is 5.24. The molecule has 0 amide bonds. The van der Waals surface area contributed by atoms with E-state index in [4.69, 9.17) is 4.74 Å². The third-order valence-electron chi connectivity index (χ3n) is 3.11. The van der Waals surface area contributed by atoms with Crippen molar-refractivity contribution in [3.8, 4) is 0 Å². The van der Waals surface area contributed by atoms with E-state index < -0.39 is 0 Å². The van der Waals surface area contributed by atoms with Crippen LogP contribution in [0, 0.1) is 0 Å². The lowest BCUT2D eigenvalue weighted by atomic mass is 9.85. The normalized spacial score (nSPS) is 19.6. The highest BCUT2D eigenvalue weighted by atomic mass is 32.1. The van der Waals surface area contributed by atoms with Crippen LogP contribution in [0.2, 0.25) is 0 Å². The molecular weight excluding hydrogens is 222 g/mol. The van der Waals surface area contributed by atoms with E-state index in [0.717, 1.165) is 24.1 Å². The van der Waals surface area contributed by atoms with Gasteiger partial charge in [-0.25, -0.2) is 4.98 Å². The van der Waals surface area contributed by atoms with Gasteiger partial charge in [-0.3, -0.25) is 4.79 Å². The molecule has 0 N–H and O–H groups in total. The van der Waals surface area contributed by atoms with E-state index in [2.05, 4.69) is 4.98 Å². The first-order valence-electron chi connectivity index (χ1n) is 5.86. The third-order valence-corrected chi connectivity index (χ3v) is 4.22. The van der Waals surface area contributed by atoms with E-state index in [-0.39, 0.29) is 5.60 Å². The number of rotatable bonds is 4. The summed E-state index contributed by atoms with van der Waals surface area (Å²) in [6.45, 7) is 2.72. The van der Waals surface area contributed by atoms with E-state index in [1.807, 2.05) is 6.92 Å². The maximum Gasteiger partial charge on any atom is 0.161 e. The summed E-state index contributed by atoms with van der Waals surface area (Å²) in [6, 6.07) is 0. The predicted molar refractivity (Wildman–Crippen MR) is 63.9 cm³/mol. The summed E-state index contributed by atoms with van der Waals surface area (Å²) in [5, 5.41) is 0.983. The zero-order valence-corrected chi connectivity index (χ0v) is 10.4. The Morgan fingerprint density at radius 2 is 2.25 bits per heavy atom. The topological polar surface area (TPSA) is 39.2 Å². The first kappa shape index (κ1) is 11.7. The molecule has 1 aliphatic carbocycles. The van der Waals surface area contributed by atoms with Gasteiger partial charge in [-0.2, -0.15) is 0 Å². The van der Waals surface area contributed by atoms with Gasteiger partial charge in [-0.15, -0.1) is 11.3 Å². The fourth-order valence-electron chi connectivity index (χ4n) is 2.37. The Labute approximate surface area is 99.8 Å². The van der Waals surface area contributed by atoms with Gasteiger partial charge in [0.25, 0.3) is 0 Å². The van der Waals surface area contributed by atoms with Crippen molar-refractivity contribution in [3.05, 3.63) is 16.1 Å². The molecule has 3 nitrogen and oxygen atoms in total. The van der Waals surface area contributed by atoms with Crippen molar-refractivity contribution in [1.29, 1.82) is 0 Å². The molecule has 0 spiro atoms. The Morgan fingerprint density at radius 3 is 2.81 bits per heavy atom. The maximum atomic E-state index is 10.7. The van der Waals surface area contributed by atoms with E-state index in [0.29, 0.717) is 11.5 Å². The Kier molecular flexibility index (Phi) is 3.71. The number of carbonyl (C=O) groups is 1. The van der Waals surface area contributed by atoms with Crippen molar-refractivity contribution in [2.45, 2.75) is 44.6 Å². The van der Waals surface area contributed by atoms with Crippen molar-refractivity contribution in [1.82, 2.24) is 4.98 Å². The van der Waals surface area contributed by atoms with Crippen molar-refractivity contribution >= 4 is 17.6 Å². The van der Waals surface area contributed by atoms with Gasteiger partial charge in [-0.05, 0) is 19.8 Å². The van der Waals surface area contributed by atoms with Crippen molar-refractivity contribution < 1.29 is 9.53 Å². The average molecular weight is 239 g/mol. The number of nitrogens with zero attached hydrogens (tertiary/aromatic N) is 1. The Morgan fingerprint density at radius 1 is 1.50 bits per heavy atom. The highest BCUT2D eigenvalue weighted by molar-refractivity contribution is 7.13. The van der Waals surface area contributed by atoms with Crippen molar-refractivity contribution in [3.63, 3.8) is 0 Å². The van der Waals surface area contributed by atoms with Crippen LogP contribution in [-0.4, -0.2) is 17.9 Å². The van der Waals surface area contributed by atoms with Crippen LogP contribution in [0.4, 0.5) is 0 Å². The van der Waals surface area contributed by atoms with Gasteiger partial charge in [0, 0.05) is 12.8 Å². The lowest BCUT2D eigenvalue weighted by molar-refractivity contribution is -0.0704. The van der Waals surface area contributed by atoms with Crippen LogP contribution in [0.3, 0.4) is 0 Å². The monoisotopic (exact) mass is 239 g/mol. The van der Waals surface area contributed by atoms with Crippen molar-refractivity contribution in [2.75, 3.05) is 6.61 Å². The number of aromatic nitrogens is 1. The third kappa shape index (κ3) is 2.18. The molecule has 2 rings (SSSR count). The zero-order chi connectivity index (χ0) is 11.4. The van der Waals surface area contributed by atoms with Gasteiger partial charge in [0.2, 0.25) is 0 Å². The number of hydrogen-bond acceptors (Lipinski definition) is 4. The highest BCUT2D eigenvalue weighted by Crippen LogP contribution is 2.41. The van der Waals surface area contributed by atoms with Gasteiger partial charge in [0.1, 0.15) is 10.6 Å². The van der Waals surface area contributed by atoms with Crippen LogP contribution in [0.15, 0.2) is 6.20 Å². The second-order valence-electron chi connectivity index (χ2n) is 4.17. The summed E-state index contributed by atoms with van der Waals surface area (Å²) in [5.74, 6) is 0. The lowest BCUT2D eigenvalue weighted by Gasteiger charge is -2.35. The van der Waals surface area contributed by atoms with Gasteiger partial charge in [-0.1, -0.05) is 19.3 Å². The van der Waals surface area contributed by atoms with Crippen LogP contribution < -0.4 is 0 Å². The van der Waals surface area contributed by atoms with E-state index in [1.165, 1.54) is 30.6 Å². The molecule has 16 heavy (non-hydrogen) atoms. The Hall–Kier alpha value is -0.740. The summed E-state index contributed by atoms with van der Waals surface area (Å²) >= 11 is 1.47. The molecule has 0 radical (unpaired) electrons. The minimum Gasteiger partial charge on any atom is -0.368 e. The van der Waals surface area contributed by atoms with Gasteiger partial charge < -0.3 is 4.74 Å². The molecule has 1 aromatic rings. The highest BCUT2D eigenvalue weighted by Gasteiger charge is 2.37. The molecule has 4 heteroatoms. The quantitative estimate of drug-likeness (QED) is 0.758. The molecule has 0 unspecified atom stereocenters. The number of hydrogen-bond donors (Lipinski definition) is 0. The summed E-state index contributed by atoms with van der Waals surface area (Å²) in [5.41, 5.74) is -0.209. The molecule has 1 fully saturated rings. The van der Waals surface area contributed by atoms with Crippen molar-refractivity contribution in [2.24, 2.45) is 0 Å². The number of ether oxygens (including phenoxy) is 1. The fourth-order valence-corrected chi connectivity index (χ4v) is 3.30. The van der Waals surface area contributed by atoms with Crippen LogP contribution in [0.5, 0.6) is 0 Å². The van der Waals surface area contributed by atoms with Crippen LogP contribution in [0.1, 0.15) is 53.7 Å². The maximum absolute atomic E-state index is 10.7. The minimum atomic E-state index is -0.209. The van der Waals surface area contributed by atoms with Crippen LogP contribution in [-0.2, 0) is 10.3 Å². The molecule has 1 saturated carbocycles.